The summed E-state index contributed by atoms with van der Waals surface area (Å²) >= 11 is 0. The van der Waals surface area contributed by atoms with Crippen molar-refractivity contribution in [2.75, 3.05) is 37.6 Å². The number of nitrogens with one attached hydrogen (secondary N) is 1. The van der Waals surface area contributed by atoms with E-state index >= 15 is 0 Å². The van der Waals surface area contributed by atoms with E-state index in [0.29, 0.717) is 5.92 Å². The highest BCUT2D eigenvalue weighted by Crippen LogP contribution is 2.44. The normalized spacial score (nSPS) is 28.9. The number of amides is 2. The van der Waals surface area contributed by atoms with Gasteiger partial charge in [-0.2, -0.15) is 0 Å². The minimum Gasteiger partial charge on any atom is -0.353 e. The minimum atomic E-state index is 0.111. The molecular weight excluding hydrogens is 314 g/mol. The lowest BCUT2D eigenvalue weighted by Gasteiger charge is -2.43. The fraction of sp³-hybridized carbons (Fsp3) is 0.737. The second-order valence-electron chi connectivity index (χ2n) is 7.90. The summed E-state index contributed by atoms with van der Waals surface area (Å²) in [5.41, 5.74) is 0. The van der Waals surface area contributed by atoms with Crippen molar-refractivity contribution in [2.24, 2.45) is 17.8 Å². The topological polar surface area (TPSA) is 61.4 Å². The van der Waals surface area contributed by atoms with Crippen LogP contribution in [0.5, 0.6) is 0 Å². The van der Waals surface area contributed by atoms with Crippen LogP contribution in [0, 0.1) is 24.7 Å². The predicted octanol–water partition coefficient (Wildman–Crippen LogP) is 2.44. The number of nitrogens with zero attached hydrogens (tertiary/aromatic N) is 4. The maximum Gasteiger partial charge on any atom is 0.317 e. The van der Waals surface area contributed by atoms with Gasteiger partial charge in [0, 0.05) is 38.9 Å². The molecule has 1 aliphatic heterocycles. The third kappa shape index (κ3) is 3.72. The van der Waals surface area contributed by atoms with E-state index < -0.39 is 0 Å². The number of rotatable bonds is 3. The van der Waals surface area contributed by atoms with Gasteiger partial charge in [-0.25, -0.2) is 14.8 Å². The molecule has 3 saturated carbocycles. The van der Waals surface area contributed by atoms with E-state index in [9.17, 15) is 4.79 Å². The Balaban J connectivity index is 1.24. The summed E-state index contributed by atoms with van der Waals surface area (Å²) in [6.45, 7) is 5.95. The van der Waals surface area contributed by atoms with Crippen LogP contribution in [0.1, 0.15) is 37.9 Å². The summed E-state index contributed by atoms with van der Waals surface area (Å²) in [4.78, 5) is 25.3. The Labute approximate surface area is 150 Å². The van der Waals surface area contributed by atoms with Crippen LogP contribution < -0.4 is 10.2 Å². The quantitative estimate of drug-likeness (QED) is 0.916. The van der Waals surface area contributed by atoms with Gasteiger partial charge in [-0.1, -0.05) is 12.8 Å². The molecule has 0 radical (unpaired) electrons. The van der Waals surface area contributed by atoms with Crippen LogP contribution >= 0.6 is 0 Å². The number of fused-ring (bicyclic) bond motifs is 3. The van der Waals surface area contributed by atoms with Gasteiger partial charge in [0.15, 0.2) is 0 Å². The Morgan fingerprint density at radius 3 is 2.60 bits per heavy atom. The van der Waals surface area contributed by atoms with Crippen molar-refractivity contribution in [3.8, 4) is 0 Å². The molecular formula is C19H29N5O. The summed E-state index contributed by atoms with van der Waals surface area (Å²) < 4.78 is 0. The molecule has 25 heavy (non-hydrogen) atoms. The van der Waals surface area contributed by atoms with Crippen molar-refractivity contribution in [3.63, 3.8) is 0 Å². The van der Waals surface area contributed by atoms with Crippen LogP contribution in [-0.2, 0) is 0 Å². The van der Waals surface area contributed by atoms with Crippen LogP contribution in [0.2, 0.25) is 0 Å². The standard InChI is InChI=1S/C19H29N5O/c1-14-20-7-6-18(22-14)23-8-10-24(11-9-23)19(25)21-13-17-12-15-2-4-16(17)5-3-15/h6-7,15-17H,2-5,8-13H2,1H3,(H,21,25). The van der Waals surface area contributed by atoms with Crippen LogP contribution in [0.25, 0.3) is 0 Å². The van der Waals surface area contributed by atoms with E-state index in [1.807, 2.05) is 17.9 Å². The molecule has 4 aliphatic rings. The molecule has 3 aliphatic carbocycles. The van der Waals surface area contributed by atoms with Crippen molar-refractivity contribution in [1.29, 1.82) is 0 Å². The van der Waals surface area contributed by atoms with Gasteiger partial charge in [-0.05, 0) is 50.0 Å². The summed E-state index contributed by atoms with van der Waals surface area (Å²) in [6.07, 6.45) is 8.71. The molecule has 1 saturated heterocycles. The van der Waals surface area contributed by atoms with Crippen LogP contribution in [0.3, 0.4) is 0 Å². The molecule has 5 rings (SSSR count). The highest BCUT2D eigenvalue weighted by atomic mass is 16.2. The lowest BCUT2D eigenvalue weighted by atomic mass is 9.65. The molecule has 0 aromatic carbocycles. The van der Waals surface area contributed by atoms with E-state index in [-0.39, 0.29) is 6.03 Å². The first-order valence-electron chi connectivity index (χ1n) is 9.76. The van der Waals surface area contributed by atoms with Crippen LogP contribution in [0.15, 0.2) is 12.3 Å². The average molecular weight is 343 g/mol. The molecule has 0 spiro atoms. The number of piperazine rings is 1. The lowest BCUT2D eigenvalue weighted by molar-refractivity contribution is 0.0975. The Morgan fingerprint density at radius 1 is 1.20 bits per heavy atom. The van der Waals surface area contributed by atoms with E-state index in [0.717, 1.165) is 56.2 Å². The largest absolute Gasteiger partial charge is 0.353 e. The van der Waals surface area contributed by atoms with Crippen molar-refractivity contribution >= 4 is 11.8 Å². The molecule has 1 atom stereocenters. The molecule has 136 valence electrons. The minimum absolute atomic E-state index is 0.111. The second-order valence-corrected chi connectivity index (χ2v) is 7.90. The van der Waals surface area contributed by atoms with E-state index in [1.165, 1.54) is 32.1 Å². The maximum atomic E-state index is 12.5. The summed E-state index contributed by atoms with van der Waals surface area (Å²) in [5.74, 6) is 4.24. The molecule has 2 heterocycles. The van der Waals surface area contributed by atoms with Crippen LogP contribution in [0.4, 0.5) is 10.6 Å². The van der Waals surface area contributed by atoms with E-state index in [2.05, 4.69) is 20.2 Å². The number of carbonyl (C=O) groups is 1. The van der Waals surface area contributed by atoms with Gasteiger partial charge in [-0.15, -0.1) is 0 Å². The number of aromatic nitrogens is 2. The third-order valence-corrected chi connectivity index (χ3v) is 6.36. The summed E-state index contributed by atoms with van der Waals surface area (Å²) in [7, 11) is 0. The first-order valence-corrected chi connectivity index (χ1v) is 9.76. The Bertz CT molecular complexity index is 606. The molecule has 4 fully saturated rings. The Kier molecular flexibility index (Phi) is 4.77. The first kappa shape index (κ1) is 16.6. The number of carbonyl (C=O) groups excluding carboxylic acids is 1. The van der Waals surface area contributed by atoms with E-state index in [1.54, 1.807) is 6.20 Å². The summed E-state index contributed by atoms with van der Waals surface area (Å²) in [6, 6.07) is 2.06. The Morgan fingerprint density at radius 2 is 1.96 bits per heavy atom. The maximum absolute atomic E-state index is 12.5. The van der Waals surface area contributed by atoms with Gasteiger partial charge in [0.25, 0.3) is 0 Å². The highest BCUT2D eigenvalue weighted by Gasteiger charge is 2.35. The smallest absolute Gasteiger partial charge is 0.317 e. The molecule has 6 heteroatoms. The average Bonchev–Trinajstić information content (AvgIpc) is 2.67. The van der Waals surface area contributed by atoms with Gasteiger partial charge in [0.2, 0.25) is 0 Å². The van der Waals surface area contributed by atoms with Crippen LogP contribution in [-0.4, -0.2) is 53.6 Å². The molecule has 1 N–H and O–H groups in total. The lowest BCUT2D eigenvalue weighted by Crippen LogP contribution is -2.53. The van der Waals surface area contributed by atoms with Gasteiger partial charge in [-0.3, -0.25) is 0 Å². The van der Waals surface area contributed by atoms with Gasteiger partial charge >= 0.3 is 6.03 Å². The Hall–Kier alpha value is -1.85. The first-order chi connectivity index (χ1) is 12.2. The molecule has 6 nitrogen and oxygen atoms in total. The van der Waals surface area contributed by atoms with Crippen molar-refractivity contribution in [1.82, 2.24) is 20.2 Å². The number of aryl methyl sites for hydroxylation is 1. The SMILES string of the molecule is Cc1nccc(N2CCN(C(=O)NCC3CC4CCC3CC4)CC2)n1. The molecule has 1 aromatic rings. The zero-order valence-electron chi connectivity index (χ0n) is 15.2. The monoisotopic (exact) mass is 343 g/mol. The van der Waals surface area contributed by atoms with Gasteiger partial charge in [0.1, 0.15) is 11.6 Å². The van der Waals surface area contributed by atoms with Crippen molar-refractivity contribution in [3.05, 3.63) is 18.1 Å². The zero-order chi connectivity index (χ0) is 17.2. The number of hydrogen-bond donors (Lipinski definition) is 1. The highest BCUT2D eigenvalue weighted by molar-refractivity contribution is 5.74. The molecule has 1 aromatic heterocycles. The molecule has 2 bridgehead atoms. The van der Waals surface area contributed by atoms with Crippen molar-refractivity contribution in [2.45, 2.75) is 39.0 Å². The number of urea groups is 1. The van der Waals surface area contributed by atoms with Gasteiger partial charge < -0.3 is 15.1 Å². The third-order valence-electron chi connectivity index (χ3n) is 6.36. The number of anilines is 1. The fourth-order valence-electron chi connectivity index (χ4n) is 4.85. The van der Waals surface area contributed by atoms with Gasteiger partial charge in [0.05, 0.1) is 0 Å². The summed E-state index contributed by atoms with van der Waals surface area (Å²) in [5, 5.41) is 3.21. The predicted molar refractivity (Wildman–Crippen MR) is 97.5 cm³/mol. The fourth-order valence-corrected chi connectivity index (χ4v) is 4.85. The second kappa shape index (κ2) is 7.18. The molecule has 2 amide bonds. The van der Waals surface area contributed by atoms with E-state index in [4.69, 9.17) is 0 Å². The zero-order valence-corrected chi connectivity index (χ0v) is 15.2. The molecule has 1 unspecified atom stereocenters. The number of hydrogen-bond acceptors (Lipinski definition) is 4. The van der Waals surface area contributed by atoms with Crippen molar-refractivity contribution < 1.29 is 4.79 Å².